The summed E-state index contributed by atoms with van der Waals surface area (Å²) in [4.78, 5) is 33.6. The Labute approximate surface area is 169 Å². The molecule has 0 aliphatic rings. The van der Waals surface area contributed by atoms with E-state index < -0.39 is 24.3 Å². The summed E-state index contributed by atoms with van der Waals surface area (Å²) < 4.78 is 10.1. The highest BCUT2D eigenvalue weighted by atomic mass is 16.6. The molecule has 0 rings (SSSR count). The van der Waals surface area contributed by atoms with E-state index in [0.29, 0.717) is 19.0 Å². The van der Waals surface area contributed by atoms with E-state index in [0.717, 1.165) is 12.8 Å². The van der Waals surface area contributed by atoms with Gasteiger partial charge in [-0.05, 0) is 38.0 Å². The van der Waals surface area contributed by atoms with Crippen molar-refractivity contribution in [3.05, 3.63) is 12.2 Å². The van der Waals surface area contributed by atoms with Gasteiger partial charge < -0.3 is 25.2 Å². The van der Waals surface area contributed by atoms with E-state index in [4.69, 9.17) is 14.6 Å². The molecule has 0 heterocycles. The summed E-state index contributed by atoms with van der Waals surface area (Å²) >= 11 is 0. The number of carbonyl (C=O) groups is 3. The van der Waals surface area contributed by atoms with Gasteiger partial charge in [-0.15, -0.1) is 0 Å². The summed E-state index contributed by atoms with van der Waals surface area (Å²) in [5.74, 6) is -0.219. The normalized spacial score (nSPS) is 12.5. The highest BCUT2D eigenvalue weighted by Gasteiger charge is 2.23. The number of hydrogen-bond donors (Lipinski definition) is 3. The molecular weight excluding hydrogens is 364 g/mol. The van der Waals surface area contributed by atoms with Gasteiger partial charge >= 0.3 is 18.2 Å². The van der Waals surface area contributed by atoms with Gasteiger partial charge in [-0.1, -0.05) is 41.2 Å². The van der Waals surface area contributed by atoms with Gasteiger partial charge in [0.2, 0.25) is 0 Å². The van der Waals surface area contributed by atoms with E-state index in [1.807, 2.05) is 34.6 Å². The van der Waals surface area contributed by atoms with Crippen molar-refractivity contribution in [2.75, 3.05) is 19.7 Å². The van der Waals surface area contributed by atoms with Gasteiger partial charge in [0.25, 0.3) is 0 Å². The Morgan fingerprint density at radius 1 is 1.14 bits per heavy atom. The highest BCUT2D eigenvalue weighted by molar-refractivity contribution is 5.86. The monoisotopic (exact) mass is 402 g/mol. The molecule has 0 bridgehead atoms. The van der Waals surface area contributed by atoms with Crippen molar-refractivity contribution < 1.29 is 29.0 Å². The number of ether oxygens (including phenoxy) is 2. The van der Waals surface area contributed by atoms with Crippen molar-refractivity contribution in [1.82, 2.24) is 10.6 Å². The first-order valence-electron chi connectivity index (χ1n) is 9.67. The summed E-state index contributed by atoms with van der Waals surface area (Å²) in [5.41, 5.74) is 0.119. The second-order valence-electron chi connectivity index (χ2n) is 7.44. The maximum atomic E-state index is 11.8. The fourth-order valence-corrected chi connectivity index (χ4v) is 2.43. The van der Waals surface area contributed by atoms with Gasteiger partial charge in [-0.3, -0.25) is 0 Å². The van der Waals surface area contributed by atoms with E-state index in [1.165, 1.54) is 0 Å². The average Bonchev–Trinajstić information content (AvgIpc) is 2.58. The highest BCUT2D eigenvalue weighted by Crippen LogP contribution is 2.26. The third-order valence-electron chi connectivity index (χ3n) is 3.63. The first kappa shape index (κ1) is 28.0. The van der Waals surface area contributed by atoms with Gasteiger partial charge in [0, 0.05) is 18.7 Å². The third-order valence-corrected chi connectivity index (χ3v) is 3.63. The second-order valence-corrected chi connectivity index (χ2v) is 7.44. The molecule has 0 aliphatic heterocycles. The number of rotatable bonds is 11. The number of nitrogens with one attached hydrogen (secondary N) is 2. The van der Waals surface area contributed by atoms with Crippen LogP contribution in [0.25, 0.3) is 0 Å². The molecule has 0 saturated heterocycles. The predicted molar refractivity (Wildman–Crippen MR) is 109 cm³/mol. The second kappa shape index (κ2) is 14.8. The van der Waals surface area contributed by atoms with E-state index >= 15 is 0 Å². The molecule has 0 aliphatic carbocycles. The largest absolute Gasteiger partial charge is 0.465 e. The number of esters is 1. The van der Waals surface area contributed by atoms with Gasteiger partial charge in [0.15, 0.2) is 0 Å². The average molecular weight is 403 g/mol. The number of alkyl carbamates (subject to hydrolysis) is 1. The molecular formula is C20H38N2O6. The SMILES string of the molecule is C=C(C)C(=O)OCC(C)OC(=O)NCC(C)(C)CC(C)CCNC(=O)O.CC. The van der Waals surface area contributed by atoms with Crippen molar-refractivity contribution in [1.29, 1.82) is 0 Å². The Kier molecular flexibility index (Phi) is 14.7. The number of amides is 2. The van der Waals surface area contributed by atoms with Gasteiger partial charge in [-0.2, -0.15) is 0 Å². The quantitative estimate of drug-likeness (QED) is 0.356. The third kappa shape index (κ3) is 16.0. The van der Waals surface area contributed by atoms with Gasteiger partial charge in [-0.25, -0.2) is 14.4 Å². The summed E-state index contributed by atoms with van der Waals surface area (Å²) in [7, 11) is 0. The zero-order valence-electron chi connectivity index (χ0n) is 18.4. The zero-order chi connectivity index (χ0) is 22.3. The van der Waals surface area contributed by atoms with Crippen molar-refractivity contribution in [2.45, 2.75) is 67.4 Å². The van der Waals surface area contributed by atoms with Crippen LogP contribution in [-0.4, -0.2) is 49.1 Å². The summed E-state index contributed by atoms with van der Waals surface area (Å²) in [6.45, 7) is 17.5. The van der Waals surface area contributed by atoms with Crippen LogP contribution >= 0.6 is 0 Å². The Morgan fingerprint density at radius 2 is 1.71 bits per heavy atom. The van der Waals surface area contributed by atoms with Crippen LogP contribution in [0.5, 0.6) is 0 Å². The standard InChI is InChI=1S/C18H32N2O6.C2H6/c1-12(2)15(21)25-10-14(4)26-17(24)20-11-18(5,6)9-13(3)7-8-19-16(22)23;1-2/h13-14,19H,1,7-11H2,2-6H3,(H,20,24)(H,22,23);1-2H3. The van der Waals surface area contributed by atoms with Crippen LogP contribution in [0.2, 0.25) is 0 Å². The lowest BCUT2D eigenvalue weighted by Gasteiger charge is -2.28. The smallest absolute Gasteiger partial charge is 0.407 e. The lowest BCUT2D eigenvalue weighted by Crippen LogP contribution is -2.37. The first-order valence-corrected chi connectivity index (χ1v) is 9.67. The zero-order valence-corrected chi connectivity index (χ0v) is 18.4. The van der Waals surface area contributed by atoms with E-state index in [-0.39, 0.29) is 17.6 Å². The number of carbonyl (C=O) groups excluding carboxylic acids is 2. The van der Waals surface area contributed by atoms with Crippen LogP contribution in [0, 0.1) is 11.3 Å². The molecule has 0 spiro atoms. The Morgan fingerprint density at radius 3 is 2.21 bits per heavy atom. The molecule has 0 radical (unpaired) electrons. The lowest BCUT2D eigenvalue weighted by atomic mass is 9.82. The first-order chi connectivity index (χ1) is 12.9. The minimum atomic E-state index is -1.02. The van der Waals surface area contributed by atoms with Crippen LogP contribution in [0.3, 0.4) is 0 Å². The van der Waals surface area contributed by atoms with Crippen molar-refractivity contribution >= 4 is 18.2 Å². The Bertz CT molecular complexity index is 505. The molecule has 28 heavy (non-hydrogen) atoms. The van der Waals surface area contributed by atoms with Crippen LogP contribution in [0.4, 0.5) is 9.59 Å². The fourth-order valence-electron chi connectivity index (χ4n) is 2.43. The minimum Gasteiger partial charge on any atom is -0.465 e. The maximum Gasteiger partial charge on any atom is 0.407 e. The molecule has 0 saturated carbocycles. The number of hydrogen-bond acceptors (Lipinski definition) is 5. The van der Waals surface area contributed by atoms with Gasteiger partial charge in [0.05, 0.1) is 0 Å². The molecule has 3 N–H and O–H groups in total. The molecule has 0 fully saturated rings. The van der Waals surface area contributed by atoms with Gasteiger partial charge in [0.1, 0.15) is 12.7 Å². The Hall–Kier alpha value is -2.25. The lowest BCUT2D eigenvalue weighted by molar-refractivity contribution is -0.141. The van der Waals surface area contributed by atoms with Crippen LogP contribution < -0.4 is 10.6 Å². The van der Waals surface area contributed by atoms with Crippen molar-refractivity contribution in [3.63, 3.8) is 0 Å². The molecule has 2 amide bonds. The van der Waals surface area contributed by atoms with E-state index in [1.54, 1.807) is 13.8 Å². The minimum absolute atomic E-state index is 0.0316. The molecule has 8 nitrogen and oxygen atoms in total. The van der Waals surface area contributed by atoms with Crippen molar-refractivity contribution in [3.8, 4) is 0 Å². The summed E-state index contributed by atoms with van der Waals surface area (Å²) in [6, 6.07) is 0. The number of carboxylic acid groups (broad SMARTS) is 1. The molecule has 0 aromatic carbocycles. The maximum absolute atomic E-state index is 11.8. The molecule has 2 unspecified atom stereocenters. The van der Waals surface area contributed by atoms with Crippen LogP contribution in [-0.2, 0) is 14.3 Å². The topological polar surface area (TPSA) is 114 Å². The Balaban J connectivity index is 0. The van der Waals surface area contributed by atoms with Crippen molar-refractivity contribution in [2.24, 2.45) is 11.3 Å². The summed E-state index contributed by atoms with van der Waals surface area (Å²) in [6.07, 6.45) is -0.616. The fraction of sp³-hybridized carbons (Fsp3) is 0.750. The molecule has 8 heteroatoms. The predicted octanol–water partition coefficient (Wildman–Crippen LogP) is 3.96. The van der Waals surface area contributed by atoms with E-state index in [9.17, 15) is 14.4 Å². The van der Waals surface area contributed by atoms with Crippen LogP contribution in [0.1, 0.15) is 61.3 Å². The summed E-state index contributed by atoms with van der Waals surface area (Å²) in [5, 5.41) is 13.6. The molecule has 2 atom stereocenters. The van der Waals surface area contributed by atoms with E-state index in [2.05, 4.69) is 17.2 Å². The molecule has 0 aromatic heterocycles. The van der Waals surface area contributed by atoms with Crippen LogP contribution in [0.15, 0.2) is 12.2 Å². The molecule has 0 aromatic rings. The molecule has 164 valence electrons.